The molecular weight excluding hydrogens is 444 g/mol. The van der Waals surface area contributed by atoms with E-state index in [0.29, 0.717) is 17.7 Å². The smallest absolute Gasteiger partial charge is 0.429 e. The van der Waals surface area contributed by atoms with Crippen LogP contribution in [0.5, 0.6) is 5.75 Å². The van der Waals surface area contributed by atoms with Crippen LogP contribution in [0.4, 0.5) is 26.3 Å². The number of hydrogen-bond acceptors (Lipinski definition) is 4. The van der Waals surface area contributed by atoms with Crippen molar-refractivity contribution in [2.45, 2.75) is 38.7 Å². The number of hydrogen-bond donors (Lipinski definition) is 1. The van der Waals surface area contributed by atoms with Crippen molar-refractivity contribution in [3.05, 3.63) is 46.2 Å². The first-order valence-corrected chi connectivity index (χ1v) is 8.75. The van der Waals surface area contributed by atoms with Gasteiger partial charge in [0.15, 0.2) is 0 Å². The zero-order valence-corrected chi connectivity index (χ0v) is 16.3. The molecule has 1 atom stereocenters. The zero-order chi connectivity index (χ0) is 22.7. The Morgan fingerprint density at radius 2 is 1.83 bits per heavy atom. The number of amides is 1. The van der Waals surface area contributed by atoms with Crippen LogP contribution in [0.15, 0.2) is 24.3 Å². The van der Waals surface area contributed by atoms with Crippen LogP contribution in [0, 0.1) is 0 Å². The summed E-state index contributed by atoms with van der Waals surface area (Å²) in [5.74, 6) is -1.13. The van der Waals surface area contributed by atoms with Crippen molar-refractivity contribution in [2.24, 2.45) is 7.05 Å². The van der Waals surface area contributed by atoms with Crippen molar-refractivity contribution in [1.82, 2.24) is 15.1 Å². The fourth-order valence-electron chi connectivity index (χ4n) is 2.36. The maximum atomic E-state index is 13.4. The molecule has 0 saturated heterocycles. The molecule has 1 aromatic heterocycles. The average molecular weight is 460 g/mol. The number of rotatable bonds is 8. The van der Waals surface area contributed by atoms with Gasteiger partial charge in [-0.2, -0.15) is 13.9 Å². The van der Waals surface area contributed by atoms with Crippen LogP contribution in [-0.4, -0.2) is 34.5 Å². The molecule has 2 rings (SSSR count). The Morgan fingerprint density at radius 1 is 1.23 bits per heavy atom. The van der Waals surface area contributed by atoms with Gasteiger partial charge in [0.1, 0.15) is 11.4 Å². The second-order valence-corrected chi connectivity index (χ2v) is 6.33. The van der Waals surface area contributed by atoms with Crippen LogP contribution in [-0.2, 0) is 24.8 Å². The summed E-state index contributed by atoms with van der Waals surface area (Å²) < 4.78 is 83.3. The van der Waals surface area contributed by atoms with Crippen molar-refractivity contribution in [1.29, 1.82) is 0 Å². The lowest BCUT2D eigenvalue weighted by Gasteiger charge is -2.22. The van der Waals surface area contributed by atoms with Gasteiger partial charge in [-0.3, -0.25) is 9.48 Å². The molecule has 30 heavy (non-hydrogen) atoms. The molecule has 1 heterocycles. The molecule has 6 nitrogen and oxygen atoms in total. The summed E-state index contributed by atoms with van der Waals surface area (Å²) in [7, 11) is 1.55. The summed E-state index contributed by atoms with van der Waals surface area (Å²) in [6.07, 6.45) is -14.0. The second-order valence-electron chi connectivity index (χ2n) is 5.96. The maximum Gasteiger partial charge on any atom is 0.525 e. The first-order valence-electron chi connectivity index (χ1n) is 8.38. The van der Waals surface area contributed by atoms with Gasteiger partial charge in [0, 0.05) is 13.6 Å². The van der Waals surface area contributed by atoms with Gasteiger partial charge in [-0.15, -0.1) is 13.2 Å². The third-order valence-electron chi connectivity index (χ3n) is 3.74. The van der Waals surface area contributed by atoms with Crippen molar-refractivity contribution in [3.8, 4) is 5.75 Å². The molecule has 0 saturated carbocycles. The minimum Gasteiger partial charge on any atom is -0.429 e. The van der Waals surface area contributed by atoms with Crippen molar-refractivity contribution >= 4 is 17.5 Å². The van der Waals surface area contributed by atoms with Crippen molar-refractivity contribution in [3.63, 3.8) is 0 Å². The molecule has 0 spiro atoms. The van der Waals surface area contributed by atoms with Crippen LogP contribution < -0.4 is 10.1 Å². The first-order chi connectivity index (χ1) is 13.8. The Bertz CT molecular complexity index is 886. The highest BCUT2D eigenvalue weighted by Crippen LogP contribution is 2.31. The molecule has 2 aromatic rings. The van der Waals surface area contributed by atoms with Crippen LogP contribution in [0.1, 0.15) is 28.7 Å². The van der Waals surface area contributed by atoms with Crippen LogP contribution >= 0.6 is 11.6 Å². The van der Waals surface area contributed by atoms with Gasteiger partial charge in [0.05, 0.1) is 10.7 Å². The van der Waals surface area contributed by atoms with Crippen molar-refractivity contribution in [2.75, 3.05) is 0 Å². The van der Waals surface area contributed by atoms with Crippen LogP contribution in [0.25, 0.3) is 0 Å². The number of halogens is 7. The van der Waals surface area contributed by atoms with Crippen LogP contribution in [0.3, 0.4) is 0 Å². The maximum absolute atomic E-state index is 13.4. The number of aromatic nitrogens is 2. The molecule has 0 aliphatic rings. The summed E-state index contributed by atoms with van der Waals surface area (Å²) in [4.78, 5) is 12.3. The van der Waals surface area contributed by atoms with Gasteiger partial charge in [-0.1, -0.05) is 30.7 Å². The minimum atomic E-state index is -5.59. The Morgan fingerprint density at radius 3 is 2.33 bits per heavy atom. The highest BCUT2D eigenvalue weighted by Gasteiger charge is 2.50. The largest absolute Gasteiger partial charge is 0.525 e. The molecule has 1 N–H and O–H groups in total. The predicted octanol–water partition coefficient (Wildman–Crippen LogP) is 4.37. The highest BCUT2D eigenvalue weighted by molar-refractivity contribution is 6.34. The standard InChI is InChI=1S/C17H16ClF6N3O3/c1-3-11-12(18)13(27(2)26-11)14(28)25-8-9-4-6-10(7-5-9)29-16(20,21)15(19)30-17(22,23)24/h4-7,15H,3,8H2,1-2H3,(H,25,28). The second kappa shape index (κ2) is 9.13. The van der Waals surface area contributed by atoms with E-state index in [4.69, 9.17) is 11.6 Å². The molecule has 0 aliphatic heterocycles. The molecular formula is C17H16ClF6N3O3. The number of alkyl halides is 6. The Labute approximate surface area is 171 Å². The molecule has 13 heteroatoms. The minimum absolute atomic E-state index is 0.0264. The molecule has 0 radical (unpaired) electrons. The number of nitrogens with zero attached hydrogens (tertiary/aromatic N) is 2. The lowest BCUT2D eigenvalue weighted by Crippen LogP contribution is -2.41. The van der Waals surface area contributed by atoms with Gasteiger partial charge in [-0.25, -0.2) is 9.13 Å². The number of benzene rings is 1. The van der Waals surface area contributed by atoms with Crippen molar-refractivity contribution < 1.29 is 40.6 Å². The molecule has 0 fully saturated rings. The van der Waals surface area contributed by atoms with E-state index in [1.165, 1.54) is 16.8 Å². The highest BCUT2D eigenvalue weighted by atomic mass is 35.5. The summed E-state index contributed by atoms with van der Waals surface area (Å²) in [5.41, 5.74) is 1.13. The number of aryl methyl sites for hydroxylation is 2. The molecule has 0 bridgehead atoms. The lowest BCUT2D eigenvalue weighted by molar-refractivity contribution is -0.411. The summed E-state index contributed by atoms with van der Waals surface area (Å²) >= 11 is 6.11. The van der Waals surface area contributed by atoms with Gasteiger partial charge in [-0.05, 0) is 24.1 Å². The average Bonchev–Trinajstić information content (AvgIpc) is 2.92. The number of ether oxygens (including phenoxy) is 2. The summed E-state index contributed by atoms with van der Waals surface area (Å²) in [6, 6.07) is 4.46. The summed E-state index contributed by atoms with van der Waals surface area (Å²) in [5, 5.41) is 6.89. The Balaban J connectivity index is 1.98. The van der Waals surface area contributed by atoms with E-state index in [-0.39, 0.29) is 17.3 Å². The normalized spacial score (nSPS) is 13.2. The van der Waals surface area contributed by atoms with Gasteiger partial charge < -0.3 is 10.1 Å². The lowest BCUT2D eigenvalue weighted by atomic mass is 10.2. The van der Waals surface area contributed by atoms with Gasteiger partial charge in [0.2, 0.25) is 0 Å². The SMILES string of the molecule is CCc1nn(C)c(C(=O)NCc2ccc(OC(F)(F)C(F)OC(F)(F)F)cc2)c1Cl. The first kappa shape index (κ1) is 23.8. The van der Waals surface area contributed by atoms with E-state index >= 15 is 0 Å². The molecule has 1 amide bonds. The van der Waals surface area contributed by atoms with E-state index in [1.807, 2.05) is 6.92 Å². The van der Waals surface area contributed by atoms with Crippen LogP contribution in [0.2, 0.25) is 5.02 Å². The Hall–Kier alpha value is -2.47. The quantitative estimate of drug-likeness (QED) is 0.595. The third-order valence-corrected chi connectivity index (χ3v) is 4.13. The van der Waals surface area contributed by atoms with E-state index < -0.39 is 30.5 Å². The third kappa shape index (κ3) is 6.02. The molecule has 0 aliphatic carbocycles. The molecule has 1 aromatic carbocycles. The Kier molecular flexibility index (Phi) is 7.24. The predicted molar refractivity (Wildman–Crippen MR) is 92.8 cm³/mol. The zero-order valence-electron chi connectivity index (χ0n) is 15.6. The number of carbonyl (C=O) groups excluding carboxylic acids is 1. The summed E-state index contributed by atoms with van der Waals surface area (Å²) in [6.45, 7) is 1.80. The molecule has 166 valence electrons. The van der Waals surface area contributed by atoms with Gasteiger partial charge >= 0.3 is 18.8 Å². The van der Waals surface area contributed by atoms with E-state index in [2.05, 4.69) is 19.9 Å². The van der Waals surface area contributed by atoms with E-state index in [9.17, 15) is 31.1 Å². The fraction of sp³-hybridized carbons (Fsp3) is 0.412. The number of carbonyl (C=O) groups is 1. The number of nitrogens with one attached hydrogen (secondary N) is 1. The fourth-order valence-corrected chi connectivity index (χ4v) is 2.74. The van der Waals surface area contributed by atoms with E-state index in [0.717, 1.165) is 12.1 Å². The van der Waals surface area contributed by atoms with Gasteiger partial charge in [0.25, 0.3) is 5.91 Å². The topological polar surface area (TPSA) is 65.4 Å². The molecule has 1 unspecified atom stereocenters. The van der Waals surface area contributed by atoms with E-state index in [1.54, 1.807) is 7.05 Å². The monoisotopic (exact) mass is 459 g/mol.